The topological polar surface area (TPSA) is 102 Å². The van der Waals surface area contributed by atoms with E-state index in [1.807, 2.05) is 0 Å². The Bertz CT molecular complexity index is 261. The van der Waals surface area contributed by atoms with Gasteiger partial charge in [-0.05, 0) is 19.8 Å². The maximum absolute atomic E-state index is 11.6. The summed E-state index contributed by atoms with van der Waals surface area (Å²) in [5.74, 6) is -1.17. The van der Waals surface area contributed by atoms with E-state index in [0.29, 0.717) is 13.0 Å². The van der Waals surface area contributed by atoms with Crippen molar-refractivity contribution in [2.75, 3.05) is 13.2 Å². The number of aliphatic hydroxyl groups excluding tert-OH is 1. The molecule has 4 N–H and O–H groups in total. The minimum atomic E-state index is -1.35. The first-order valence-electron chi connectivity index (χ1n) is 4.85. The zero-order chi connectivity index (χ0) is 11.5. The number of aliphatic hydroxyl groups is 1. The van der Waals surface area contributed by atoms with Crippen LogP contribution in [0.3, 0.4) is 0 Å². The van der Waals surface area contributed by atoms with Crippen molar-refractivity contribution in [3.63, 3.8) is 0 Å². The number of nitrogens with one attached hydrogen (secondary N) is 1. The average molecular weight is 216 g/mol. The number of carbonyl (C=O) groups excluding carboxylic acids is 2. The lowest BCUT2D eigenvalue weighted by Crippen LogP contribution is -2.48. The second-order valence-electron chi connectivity index (χ2n) is 3.81. The smallest absolute Gasteiger partial charge is 0.252 e. The van der Waals surface area contributed by atoms with Gasteiger partial charge in [-0.15, -0.1) is 0 Å². The first-order valence-corrected chi connectivity index (χ1v) is 4.85. The monoisotopic (exact) mass is 216 g/mol. The third-order valence-electron chi connectivity index (χ3n) is 2.48. The number of primary amides is 1. The highest BCUT2D eigenvalue weighted by Gasteiger charge is 2.37. The van der Waals surface area contributed by atoms with Gasteiger partial charge in [0.25, 0.3) is 5.91 Å². The molecule has 15 heavy (non-hydrogen) atoms. The van der Waals surface area contributed by atoms with E-state index in [1.165, 1.54) is 0 Å². The van der Waals surface area contributed by atoms with Crippen LogP contribution in [0.5, 0.6) is 0 Å². The first kappa shape index (κ1) is 11.9. The summed E-state index contributed by atoms with van der Waals surface area (Å²) >= 11 is 0. The molecule has 1 heterocycles. The van der Waals surface area contributed by atoms with Crippen LogP contribution in [0.1, 0.15) is 19.8 Å². The average Bonchev–Trinajstić information content (AvgIpc) is 2.62. The SMILES string of the molecule is CC1(C(=O)NCC(O)C(N)=O)CCCO1. The third-order valence-corrected chi connectivity index (χ3v) is 2.48. The molecule has 0 aromatic carbocycles. The predicted octanol–water partition coefficient (Wildman–Crippen LogP) is -1.48. The van der Waals surface area contributed by atoms with Gasteiger partial charge in [0.2, 0.25) is 5.91 Å². The number of hydrogen-bond donors (Lipinski definition) is 3. The Morgan fingerprint density at radius 2 is 2.33 bits per heavy atom. The minimum absolute atomic E-state index is 0.173. The lowest BCUT2D eigenvalue weighted by atomic mass is 10.0. The Morgan fingerprint density at radius 1 is 1.67 bits per heavy atom. The maximum atomic E-state index is 11.6. The van der Waals surface area contributed by atoms with Crippen LogP contribution in [0, 0.1) is 0 Å². The number of amides is 2. The number of ether oxygens (including phenoxy) is 1. The molecule has 0 aliphatic carbocycles. The molecule has 6 heteroatoms. The lowest BCUT2D eigenvalue weighted by Gasteiger charge is -2.22. The van der Waals surface area contributed by atoms with Gasteiger partial charge in [0.05, 0.1) is 6.54 Å². The number of nitrogens with two attached hydrogens (primary N) is 1. The second kappa shape index (κ2) is 4.59. The van der Waals surface area contributed by atoms with Crippen molar-refractivity contribution in [2.45, 2.75) is 31.5 Å². The van der Waals surface area contributed by atoms with Gasteiger partial charge in [0.15, 0.2) is 0 Å². The van der Waals surface area contributed by atoms with Crippen molar-refractivity contribution in [3.8, 4) is 0 Å². The van der Waals surface area contributed by atoms with Crippen molar-refractivity contribution in [1.82, 2.24) is 5.32 Å². The normalized spacial score (nSPS) is 27.3. The fraction of sp³-hybridized carbons (Fsp3) is 0.778. The lowest BCUT2D eigenvalue weighted by molar-refractivity contribution is -0.140. The van der Waals surface area contributed by atoms with Gasteiger partial charge in [0.1, 0.15) is 11.7 Å². The van der Waals surface area contributed by atoms with Gasteiger partial charge in [-0.1, -0.05) is 0 Å². The van der Waals surface area contributed by atoms with Crippen molar-refractivity contribution in [2.24, 2.45) is 5.73 Å². The Hall–Kier alpha value is -1.14. The highest BCUT2D eigenvalue weighted by molar-refractivity contribution is 5.86. The quantitative estimate of drug-likeness (QED) is 0.533. The van der Waals surface area contributed by atoms with E-state index >= 15 is 0 Å². The summed E-state index contributed by atoms with van der Waals surface area (Å²) in [5, 5.41) is 11.5. The van der Waals surface area contributed by atoms with Gasteiger partial charge >= 0.3 is 0 Å². The molecular weight excluding hydrogens is 200 g/mol. The number of rotatable bonds is 4. The van der Waals surface area contributed by atoms with E-state index in [-0.39, 0.29) is 12.5 Å². The van der Waals surface area contributed by atoms with Crippen LogP contribution >= 0.6 is 0 Å². The summed E-state index contributed by atoms with van der Waals surface area (Å²) in [4.78, 5) is 22.1. The summed E-state index contributed by atoms with van der Waals surface area (Å²) in [7, 11) is 0. The summed E-state index contributed by atoms with van der Waals surface area (Å²) in [5.41, 5.74) is 4.00. The molecule has 0 aromatic rings. The van der Waals surface area contributed by atoms with Crippen LogP contribution in [0.25, 0.3) is 0 Å². The molecule has 1 saturated heterocycles. The molecule has 1 aliphatic rings. The van der Waals surface area contributed by atoms with Gasteiger partial charge in [-0.2, -0.15) is 0 Å². The summed E-state index contributed by atoms with van der Waals surface area (Å²) in [6.45, 7) is 2.07. The molecular formula is C9H16N2O4. The molecule has 2 amide bonds. The van der Waals surface area contributed by atoms with Crippen LogP contribution in [0.2, 0.25) is 0 Å². The van der Waals surface area contributed by atoms with Crippen LogP contribution in [-0.2, 0) is 14.3 Å². The van der Waals surface area contributed by atoms with Crippen molar-refractivity contribution < 1.29 is 19.4 Å². The summed E-state index contributed by atoms with van der Waals surface area (Å²) in [6.07, 6.45) is 0.132. The van der Waals surface area contributed by atoms with Crippen LogP contribution in [0.15, 0.2) is 0 Å². The zero-order valence-electron chi connectivity index (χ0n) is 8.66. The fourth-order valence-electron chi connectivity index (χ4n) is 1.44. The standard InChI is InChI=1S/C9H16N2O4/c1-9(3-2-4-15-9)8(14)11-5-6(12)7(10)13/h6,12H,2-5H2,1H3,(H2,10,13)(H,11,14). The molecule has 86 valence electrons. The van der Waals surface area contributed by atoms with Crippen molar-refractivity contribution in [3.05, 3.63) is 0 Å². The van der Waals surface area contributed by atoms with E-state index in [4.69, 9.17) is 15.6 Å². The largest absolute Gasteiger partial charge is 0.381 e. The van der Waals surface area contributed by atoms with E-state index in [2.05, 4.69) is 5.32 Å². The van der Waals surface area contributed by atoms with Crippen LogP contribution < -0.4 is 11.1 Å². The predicted molar refractivity (Wildman–Crippen MR) is 51.8 cm³/mol. The van der Waals surface area contributed by atoms with Gasteiger partial charge in [0, 0.05) is 6.61 Å². The number of hydrogen-bond acceptors (Lipinski definition) is 4. The Labute approximate surface area is 87.8 Å². The molecule has 2 unspecified atom stereocenters. The second-order valence-corrected chi connectivity index (χ2v) is 3.81. The van der Waals surface area contributed by atoms with Crippen LogP contribution in [-0.4, -0.2) is 41.8 Å². The van der Waals surface area contributed by atoms with Crippen molar-refractivity contribution >= 4 is 11.8 Å². The van der Waals surface area contributed by atoms with E-state index < -0.39 is 17.6 Å². The van der Waals surface area contributed by atoms with Crippen LogP contribution in [0.4, 0.5) is 0 Å². The molecule has 0 radical (unpaired) electrons. The minimum Gasteiger partial charge on any atom is -0.381 e. The zero-order valence-corrected chi connectivity index (χ0v) is 8.66. The fourth-order valence-corrected chi connectivity index (χ4v) is 1.44. The molecule has 2 atom stereocenters. The molecule has 6 nitrogen and oxygen atoms in total. The number of carbonyl (C=O) groups is 2. The van der Waals surface area contributed by atoms with Gasteiger partial charge in [-0.25, -0.2) is 0 Å². The molecule has 1 fully saturated rings. The molecule has 0 aromatic heterocycles. The van der Waals surface area contributed by atoms with E-state index in [1.54, 1.807) is 6.92 Å². The Kier molecular flexibility index (Phi) is 3.65. The Balaban J connectivity index is 2.39. The molecule has 0 saturated carbocycles. The van der Waals surface area contributed by atoms with E-state index in [9.17, 15) is 9.59 Å². The molecule has 0 bridgehead atoms. The maximum Gasteiger partial charge on any atom is 0.252 e. The molecule has 1 aliphatic heterocycles. The highest BCUT2D eigenvalue weighted by Crippen LogP contribution is 2.24. The summed E-state index contributed by atoms with van der Waals surface area (Å²) in [6, 6.07) is 0. The summed E-state index contributed by atoms with van der Waals surface area (Å²) < 4.78 is 5.29. The third kappa shape index (κ3) is 2.90. The Morgan fingerprint density at radius 3 is 2.80 bits per heavy atom. The highest BCUT2D eigenvalue weighted by atomic mass is 16.5. The molecule has 1 rings (SSSR count). The van der Waals surface area contributed by atoms with Crippen molar-refractivity contribution in [1.29, 1.82) is 0 Å². The first-order chi connectivity index (χ1) is 6.96. The van der Waals surface area contributed by atoms with Gasteiger partial charge < -0.3 is 20.9 Å². The van der Waals surface area contributed by atoms with Gasteiger partial charge in [-0.3, -0.25) is 9.59 Å². The molecule has 0 spiro atoms. The van der Waals surface area contributed by atoms with E-state index in [0.717, 1.165) is 6.42 Å².